The minimum atomic E-state index is -3.25. The van der Waals surface area contributed by atoms with E-state index in [9.17, 15) is 13.2 Å². The molecule has 0 radical (unpaired) electrons. The first-order valence-corrected chi connectivity index (χ1v) is 10.5. The number of sulfone groups is 1. The molecule has 7 nitrogen and oxygen atoms in total. The number of fused-ring (bicyclic) bond motifs is 1. The third-order valence-corrected chi connectivity index (χ3v) is 6.17. The molecular formula is C20H19N3O4S. The molecule has 144 valence electrons. The minimum absolute atomic E-state index is 0.126. The van der Waals surface area contributed by atoms with Gasteiger partial charge >= 0.3 is 0 Å². The lowest BCUT2D eigenvalue weighted by Crippen LogP contribution is -2.17. The van der Waals surface area contributed by atoms with Crippen LogP contribution in [0.25, 0.3) is 5.69 Å². The largest absolute Gasteiger partial charge is 0.497 e. The first kappa shape index (κ1) is 18.2. The monoisotopic (exact) mass is 397 g/mol. The van der Waals surface area contributed by atoms with Crippen molar-refractivity contribution in [2.24, 2.45) is 0 Å². The maximum absolute atomic E-state index is 12.9. The van der Waals surface area contributed by atoms with Crippen molar-refractivity contribution < 1.29 is 17.9 Å². The number of aryl methyl sites for hydroxylation is 1. The highest BCUT2D eigenvalue weighted by Gasteiger charge is 2.33. The molecule has 0 aliphatic carbocycles. The number of carbonyl (C=O) groups is 1. The predicted octanol–water partition coefficient (Wildman–Crippen LogP) is 2.87. The number of hydrogen-bond acceptors (Lipinski definition) is 5. The number of ether oxygens (including phenoxy) is 1. The number of aromatic nitrogens is 2. The molecule has 1 N–H and O–H groups in total. The average Bonchev–Trinajstić information content (AvgIpc) is 3.14. The Morgan fingerprint density at radius 3 is 2.50 bits per heavy atom. The van der Waals surface area contributed by atoms with Crippen molar-refractivity contribution in [3.05, 3.63) is 70.9 Å². The van der Waals surface area contributed by atoms with Crippen LogP contribution in [0.4, 0.5) is 5.82 Å². The summed E-state index contributed by atoms with van der Waals surface area (Å²) in [7, 11) is -1.67. The molecule has 0 bridgehead atoms. The van der Waals surface area contributed by atoms with Gasteiger partial charge in [0.05, 0.1) is 30.0 Å². The van der Waals surface area contributed by atoms with Crippen LogP contribution >= 0.6 is 0 Å². The molecule has 1 aliphatic rings. The molecule has 2 heterocycles. The number of nitrogens with one attached hydrogen (secondary N) is 1. The summed E-state index contributed by atoms with van der Waals surface area (Å²) in [6.07, 6.45) is 0. The van der Waals surface area contributed by atoms with E-state index in [2.05, 4.69) is 10.4 Å². The summed E-state index contributed by atoms with van der Waals surface area (Å²) in [6.45, 7) is 1.85. The Labute approximate surface area is 162 Å². The minimum Gasteiger partial charge on any atom is -0.497 e. The number of nitrogens with zero attached hydrogens (tertiary/aromatic N) is 2. The number of amides is 1. The van der Waals surface area contributed by atoms with Crippen molar-refractivity contribution in [1.82, 2.24) is 9.78 Å². The highest BCUT2D eigenvalue weighted by Crippen LogP contribution is 2.33. The Morgan fingerprint density at radius 1 is 1.11 bits per heavy atom. The van der Waals surface area contributed by atoms with Crippen LogP contribution in [0, 0.1) is 6.92 Å². The standard InChI is InChI=1S/C20H19N3O4S/c1-13-5-3-4-6-16(13)20(24)21-19-17-11-28(25,26)12-18(17)22-23(19)14-7-9-15(27-2)10-8-14/h3-10H,11-12H2,1-2H3,(H,21,24). The molecule has 3 aromatic rings. The smallest absolute Gasteiger partial charge is 0.257 e. The highest BCUT2D eigenvalue weighted by molar-refractivity contribution is 7.90. The van der Waals surface area contributed by atoms with E-state index in [1.54, 1.807) is 48.2 Å². The average molecular weight is 397 g/mol. The SMILES string of the molecule is COc1ccc(-n2nc3c(c2NC(=O)c2ccccc2C)CS(=O)(=O)C3)cc1. The van der Waals surface area contributed by atoms with E-state index in [1.807, 2.05) is 19.1 Å². The molecule has 28 heavy (non-hydrogen) atoms. The van der Waals surface area contributed by atoms with Crippen LogP contribution in [-0.2, 0) is 21.3 Å². The van der Waals surface area contributed by atoms with Gasteiger partial charge in [-0.15, -0.1) is 0 Å². The van der Waals surface area contributed by atoms with E-state index in [4.69, 9.17) is 4.74 Å². The Balaban J connectivity index is 1.78. The van der Waals surface area contributed by atoms with Gasteiger partial charge in [-0.2, -0.15) is 5.10 Å². The van der Waals surface area contributed by atoms with Gasteiger partial charge in [0.1, 0.15) is 11.6 Å². The zero-order chi connectivity index (χ0) is 19.9. The number of methoxy groups -OCH3 is 1. The lowest BCUT2D eigenvalue weighted by atomic mass is 10.1. The summed E-state index contributed by atoms with van der Waals surface area (Å²) in [5.74, 6) is 0.506. The Kier molecular flexibility index (Phi) is 4.43. The molecule has 1 aliphatic heterocycles. The molecule has 0 unspecified atom stereocenters. The molecular weight excluding hydrogens is 378 g/mol. The third-order valence-electron chi connectivity index (χ3n) is 4.73. The van der Waals surface area contributed by atoms with Gasteiger partial charge in [-0.1, -0.05) is 18.2 Å². The van der Waals surface area contributed by atoms with E-state index >= 15 is 0 Å². The molecule has 4 rings (SSSR count). The highest BCUT2D eigenvalue weighted by atomic mass is 32.2. The summed E-state index contributed by atoms with van der Waals surface area (Å²) in [4.78, 5) is 12.9. The fourth-order valence-electron chi connectivity index (χ4n) is 3.28. The number of benzene rings is 2. The van der Waals surface area contributed by atoms with E-state index in [0.717, 1.165) is 5.56 Å². The quantitative estimate of drug-likeness (QED) is 0.731. The van der Waals surface area contributed by atoms with E-state index in [1.165, 1.54) is 0 Å². The fraction of sp³-hybridized carbons (Fsp3) is 0.200. The molecule has 0 saturated carbocycles. The lowest BCUT2D eigenvalue weighted by molar-refractivity contribution is 0.102. The first-order valence-electron chi connectivity index (χ1n) is 8.70. The van der Waals surface area contributed by atoms with Crippen molar-refractivity contribution in [1.29, 1.82) is 0 Å². The van der Waals surface area contributed by atoms with Gasteiger partial charge in [0.2, 0.25) is 0 Å². The summed E-state index contributed by atoms with van der Waals surface area (Å²) >= 11 is 0. The van der Waals surface area contributed by atoms with Crippen LogP contribution in [0.1, 0.15) is 27.2 Å². The number of hydrogen-bond donors (Lipinski definition) is 1. The lowest BCUT2D eigenvalue weighted by Gasteiger charge is -2.12. The summed E-state index contributed by atoms with van der Waals surface area (Å²) < 4.78 is 30.9. The summed E-state index contributed by atoms with van der Waals surface area (Å²) in [6, 6.07) is 14.4. The van der Waals surface area contributed by atoms with Crippen LogP contribution in [0.3, 0.4) is 0 Å². The number of anilines is 1. The van der Waals surface area contributed by atoms with Crippen LogP contribution < -0.4 is 10.1 Å². The molecule has 8 heteroatoms. The fourth-order valence-corrected chi connectivity index (χ4v) is 4.78. The molecule has 2 aromatic carbocycles. The zero-order valence-electron chi connectivity index (χ0n) is 15.5. The second-order valence-corrected chi connectivity index (χ2v) is 8.75. The molecule has 0 spiro atoms. The van der Waals surface area contributed by atoms with Crippen molar-refractivity contribution in [3.8, 4) is 11.4 Å². The van der Waals surface area contributed by atoms with Crippen LogP contribution in [-0.4, -0.2) is 31.2 Å². The van der Waals surface area contributed by atoms with Gasteiger partial charge in [0, 0.05) is 11.1 Å². The Bertz CT molecular complexity index is 1160. The van der Waals surface area contributed by atoms with Crippen molar-refractivity contribution in [2.45, 2.75) is 18.4 Å². The molecule has 0 atom stereocenters. The molecule has 1 amide bonds. The second kappa shape index (κ2) is 6.79. The van der Waals surface area contributed by atoms with Gasteiger partial charge < -0.3 is 10.1 Å². The molecule has 0 saturated heterocycles. The van der Waals surface area contributed by atoms with Crippen molar-refractivity contribution in [2.75, 3.05) is 12.4 Å². The van der Waals surface area contributed by atoms with Gasteiger partial charge in [-0.25, -0.2) is 13.1 Å². The van der Waals surface area contributed by atoms with Gasteiger partial charge in [-0.05, 0) is 42.8 Å². The van der Waals surface area contributed by atoms with Crippen LogP contribution in [0.2, 0.25) is 0 Å². The normalized spacial score (nSPS) is 14.5. The van der Waals surface area contributed by atoms with Crippen molar-refractivity contribution in [3.63, 3.8) is 0 Å². The molecule has 1 aromatic heterocycles. The summed E-state index contributed by atoms with van der Waals surface area (Å²) in [5.41, 5.74) is 3.07. The predicted molar refractivity (Wildman–Crippen MR) is 106 cm³/mol. The van der Waals surface area contributed by atoms with E-state index in [-0.39, 0.29) is 17.4 Å². The zero-order valence-corrected chi connectivity index (χ0v) is 16.3. The van der Waals surface area contributed by atoms with Gasteiger partial charge in [0.25, 0.3) is 5.91 Å². The topological polar surface area (TPSA) is 90.3 Å². The van der Waals surface area contributed by atoms with E-state index in [0.29, 0.717) is 34.1 Å². The first-order chi connectivity index (χ1) is 13.4. The number of rotatable bonds is 4. The van der Waals surface area contributed by atoms with Gasteiger partial charge in [-0.3, -0.25) is 4.79 Å². The Morgan fingerprint density at radius 2 is 1.82 bits per heavy atom. The molecule has 0 fully saturated rings. The maximum atomic E-state index is 12.9. The van der Waals surface area contributed by atoms with Gasteiger partial charge in [0.15, 0.2) is 9.84 Å². The van der Waals surface area contributed by atoms with E-state index < -0.39 is 9.84 Å². The third kappa shape index (κ3) is 3.27. The Hall–Kier alpha value is -3.13. The van der Waals surface area contributed by atoms with Crippen LogP contribution in [0.15, 0.2) is 48.5 Å². The second-order valence-electron chi connectivity index (χ2n) is 6.68. The van der Waals surface area contributed by atoms with Crippen molar-refractivity contribution >= 4 is 21.6 Å². The van der Waals surface area contributed by atoms with Crippen LogP contribution in [0.5, 0.6) is 5.75 Å². The maximum Gasteiger partial charge on any atom is 0.257 e. The summed E-state index contributed by atoms with van der Waals surface area (Å²) in [5, 5.41) is 7.34. The number of carbonyl (C=O) groups excluding carboxylic acids is 1.